The maximum atomic E-state index is 12.2. The average Bonchev–Trinajstić information content (AvgIpc) is 2.40. The van der Waals surface area contributed by atoms with E-state index in [0.29, 0.717) is 32.1 Å². The molecule has 0 radical (unpaired) electrons. The van der Waals surface area contributed by atoms with Crippen molar-refractivity contribution >= 4 is 51.9 Å². The lowest BCUT2D eigenvalue weighted by Crippen LogP contribution is -2.19. The van der Waals surface area contributed by atoms with Gasteiger partial charge >= 0.3 is 6.61 Å². The highest BCUT2D eigenvalue weighted by molar-refractivity contribution is 7.80. The Bertz CT molecular complexity index is 708. The van der Waals surface area contributed by atoms with Crippen molar-refractivity contribution in [3.8, 4) is 5.75 Å². The van der Waals surface area contributed by atoms with Gasteiger partial charge in [-0.05, 0) is 61.1 Å². The summed E-state index contributed by atoms with van der Waals surface area (Å²) in [4.78, 5) is 0. The van der Waals surface area contributed by atoms with Gasteiger partial charge in [0.1, 0.15) is 5.75 Å². The number of nitrogens with one attached hydrogen (secondary N) is 2. The molecule has 0 bridgehead atoms. The fourth-order valence-electron chi connectivity index (χ4n) is 1.86. The van der Waals surface area contributed by atoms with Gasteiger partial charge in [-0.15, -0.1) is 0 Å². The Kier molecular flexibility index (Phi) is 5.98. The van der Waals surface area contributed by atoms with Crippen LogP contribution < -0.4 is 15.4 Å². The number of rotatable bonds is 4. The highest BCUT2D eigenvalue weighted by Gasteiger charge is 2.08. The van der Waals surface area contributed by atoms with Crippen LogP contribution in [0.15, 0.2) is 36.4 Å². The molecular formula is C15H12Cl2F2N2OS. The van der Waals surface area contributed by atoms with Gasteiger partial charge in [0.05, 0.1) is 0 Å². The van der Waals surface area contributed by atoms with Gasteiger partial charge in [-0.2, -0.15) is 8.78 Å². The van der Waals surface area contributed by atoms with E-state index in [1.807, 2.05) is 0 Å². The van der Waals surface area contributed by atoms with Crippen LogP contribution in [0.1, 0.15) is 5.56 Å². The third-order valence-electron chi connectivity index (χ3n) is 2.79. The van der Waals surface area contributed by atoms with Gasteiger partial charge in [0.25, 0.3) is 0 Å². The van der Waals surface area contributed by atoms with Crippen LogP contribution in [0.3, 0.4) is 0 Å². The van der Waals surface area contributed by atoms with Crippen LogP contribution in [-0.2, 0) is 0 Å². The number of alkyl halides is 2. The summed E-state index contributed by atoms with van der Waals surface area (Å²) in [6, 6.07) is 9.48. The van der Waals surface area contributed by atoms with Crippen LogP contribution in [0, 0.1) is 6.92 Å². The maximum absolute atomic E-state index is 12.2. The van der Waals surface area contributed by atoms with Crippen molar-refractivity contribution in [1.82, 2.24) is 0 Å². The van der Waals surface area contributed by atoms with Crippen molar-refractivity contribution in [1.29, 1.82) is 0 Å². The lowest BCUT2D eigenvalue weighted by atomic mass is 10.2. The van der Waals surface area contributed by atoms with E-state index in [-0.39, 0.29) is 5.75 Å². The maximum Gasteiger partial charge on any atom is 0.387 e. The van der Waals surface area contributed by atoms with Crippen molar-refractivity contribution < 1.29 is 13.5 Å². The lowest BCUT2D eigenvalue weighted by Gasteiger charge is -2.14. The molecule has 2 N–H and O–H groups in total. The summed E-state index contributed by atoms with van der Waals surface area (Å²) in [5, 5.41) is 7.19. The average molecular weight is 377 g/mol. The first-order chi connectivity index (χ1) is 10.8. The first-order valence-electron chi connectivity index (χ1n) is 6.43. The van der Waals surface area contributed by atoms with Crippen LogP contribution in [0.25, 0.3) is 0 Å². The molecule has 23 heavy (non-hydrogen) atoms. The molecule has 2 rings (SSSR count). The fraction of sp³-hybridized carbons (Fsp3) is 0.133. The van der Waals surface area contributed by atoms with Gasteiger partial charge in [-0.3, -0.25) is 0 Å². The van der Waals surface area contributed by atoms with E-state index in [2.05, 4.69) is 15.4 Å². The molecule has 0 aliphatic carbocycles. The smallest absolute Gasteiger partial charge is 0.387 e. The largest absolute Gasteiger partial charge is 0.435 e. The molecule has 2 aromatic carbocycles. The number of benzene rings is 2. The Labute approximate surface area is 147 Å². The molecule has 0 unspecified atom stereocenters. The van der Waals surface area contributed by atoms with Crippen molar-refractivity contribution in [3.05, 3.63) is 52.0 Å². The quantitative estimate of drug-likeness (QED) is 0.669. The second-order valence-electron chi connectivity index (χ2n) is 4.59. The molecule has 122 valence electrons. The van der Waals surface area contributed by atoms with Gasteiger partial charge in [0.15, 0.2) is 5.11 Å². The fourth-order valence-corrected chi connectivity index (χ4v) is 2.62. The highest BCUT2D eigenvalue weighted by atomic mass is 35.5. The second-order valence-corrected chi connectivity index (χ2v) is 5.87. The molecule has 8 heteroatoms. The predicted octanol–water partition coefficient (Wildman–Crippen LogP) is 5.71. The summed E-state index contributed by atoms with van der Waals surface area (Å²) in [5.41, 5.74) is 2.00. The van der Waals surface area contributed by atoms with Crippen molar-refractivity contribution in [3.63, 3.8) is 0 Å². The Hall–Kier alpha value is -1.63. The van der Waals surface area contributed by atoms with E-state index in [1.165, 1.54) is 12.1 Å². The zero-order valence-corrected chi connectivity index (χ0v) is 14.2. The Morgan fingerprint density at radius 1 is 1.09 bits per heavy atom. The molecular weight excluding hydrogens is 365 g/mol. The van der Waals surface area contributed by atoms with E-state index in [1.54, 1.807) is 31.2 Å². The standard InChI is InChI=1S/C15H12Cl2F2N2OS/c1-8-4-12(22-14(18)19)2-3-13(8)21-15(23)20-11-6-9(16)5-10(17)7-11/h2-7,14H,1H3,(H2,20,21,23). The van der Waals surface area contributed by atoms with Crippen LogP contribution in [0.5, 0.6) is 5.75 Å². The normalized spacial score (nSPS) is 10.5. The van der Waals surface area contributed by atoms with Crippen LogP contribution in [0.2, 0.25) is 10.0 Å². The van der Waals surface area contributed by atoms with E-state index >= 15 is 0 Å². The van der Waals surface area contributed by atoms with Crippen LogP contribution in [-0.4, -0.2) is 11.7 Å². The molecule has 0 saturated heterocycles. The predicted molar refractivity (Wildman–Crippen MR) is 94.1 cm³/mol. The Balaban J connectivity index is 2.05. The van der Waals surface area contributed by atoms with Gasteiger partial charge in [-0.1, -0.05) is 23.2 Å². The molecule has 0 fully saturated rings. The Morgan fingerprint density at radius 3 is 2.30 bits per heavy atom. The second kappa shape index (κ2) is 7.77. The molecule has 0 aliphatic rings. The van der Waals surface area contributed by atoms with Gasteiger partial charge in [0, 0.05) is 21.4 Å². The summed E-state index contributed by atoms with van der Waals surface area (Å²) >= 11 is 17.0. The number of anilines is 2. The van der Waals surface area contributed by atoms with E-state index < -0.39 is 6.61 Å². The summed E-state index contributed by atoms with van der Waals surface area (Å²) < 4.78 is 28.7. The minimum Gasteiger partial charge on any atom is -0.435 e. The summed E-state index contributed by atoms with van der Waals surface area (Å²) in [6.07, 6.45) is 0. The molecule has 0 saturated carbocycles. The third kappa shape index (κ3) is 5.49. The minimum atomic E-state index is -2.86. The van der Waals surface area contributed by atoms with Gasteiger partial charge in [0.2, 0.25) is 0 Å². The Morgan fingerprint density at radius 2 is 1.74 bits per heavy atom. The van der Waals surface area contributed by atoms with Crippen molar-refractivity contribution in [2.75, 3.05) is 10.6 Å². The summed E-state index contributed by atoms with van der Waals surface area (Å²) in [6.45, 7) is -1.11. The molecule has 0 aromatic heterocycles. The van der Waals surface area contributed by atoms with E-state index in [9.17, 15) is 8.78 Å². The molecule has 2 aromatic rings. The number of hydrogen-bond acceptors (Lipinski definition) is 2. The van der Waals surface area contributed by atoms with E-state index in [0.717, 1.165) is 0 Å². The minimum absolute atomic E-state index is 0.0866. The lowest BCUT2D eigenvalue weighted by molar-refractivity contribution is -0.0498. The number of aryl methyl sites for hydroxylation is 1. The molecule has 0 aliphatic heterocycles. The number of ether oxygens (including phenoxy) is 1. The van der Waals surface area contributed by atoms with Gasteiger partial charge in [-0.25, -0.2) is 0 Å². The van der Waals surface area contributed by atoms with Crippen LogP contribution in [0.4, 0.5) is 20.2 Å². The molecule has 0 atom stereocenters. The van der Waals surface area contributed by atoms with Crippen molar-refractivity contribution in [2.24, 2.45) is 0 Å². The number of halogens is 4. The topological polar surface area (TPSA) is 33.3 Å². The SMILES string of the molecule is Cc1cc(OC(F)F)ccc1NC(=S)Nc1cc(Cl)cc(Cl)c1. The monoisotopic (exact) mass is 376 g/mol. The number of thiocarbonyl (C=S) groups is 1. The van der Waals surface area contributed by atoms with Gasteiger partial charge < -0.3 is 15.4 Å². The molecule has 3 nitrogen and oxygen atoms in total. The molecule has 0 amide bonds. The number of hydrogen-bond donors (Lipinski definition) is 2. The van der Waals surface area contributed by atoms with E-state index in [4.69, 9.17) is 35.4 Å². The van der Waals surface area contributed by atoms with Crippen LogP contribution >= 0.6 is 35.4 Å². The summed E-state index contributed by atoms with van der Waals surface area (Å²) in [5.74, 6) is 0.0866. The zero-order chi connectivity index (χ0) is 17.0. The third-order valence-corrected chi connectivity index (χ3v) is 3.43. The first-order valence-corrected chi connectivity index (χ1v) is 7.59. The first kappa shape index (κ1) is 17.7. The zero-order valence-electron chi connectivity index (χ0n) is 11.9. The molecule has 0 heterocycles. The summed E-state index contributed by atoms with van der Waals surface area (Å²) in [7, 11) is 0. The van der Waals surface area contributed by atoms with Crippen molar-refractivity contribution in [2.45, 2.75) is 13.5 Å². The highest BCUT2D eigenvalue weighted by Crippen LogP contribution is 2.24. The molecule has 0 spiro atoms.